The third-order valence-electron chi connectivity index (χ3n) is 2.82. The average Bonchev–Trinajstić information content (AvgIpc) is 2.80. The lowest BCUT2D eigenvalue weighted by Gasteiger charge is -2.08. The van der Waals surface area contributed by atoms with E-state index in [-0.39, 0.29) is 17.1 Å². The van der Waals surface area contributed by atoms with Crippen LogP contribution in [0.1, 0.15) is 23.1 Å². The van der Waals surface area contributed by atoms with E-state index < -0.39 is 17.6 Å². The topological polar surface area (TPSA) is 38.9 Å². The molecule has 20 heavy (non-hydrogen) atoms. The van der Waals surface area contributed by atoms with E-state index in [9.17, 15) is 17.6 Å². The number of alkyl halides is 3. The maximum Gasteiger partial charge on any atom is 0.416 e. The molecule has 0 radical (unpaired) electrons. The number of thiazole rings is 1. The summed E-state index contributed by atoms with van der Waals surface area (Å²) in [6, 6.07) is 2.32. The molecule has 1 aromatic carbocycles. The van der Waals surface area contributed by atoms with Crippen molar-refractivity contribution in [2.45, 2.75) is 26.1 Å². The molecule has 1 aromatic heterocycles. The molecule has 0 aliphatic carbocycles. The van der Waals surface area contributed by atoms with Crippen molar-refractivity contribution in [1.29, 1.82) is 0 Å². The van der Waals surface area contributed by atoms with Gasteiger partial charge in [-0.05, 0) is 24.6 Å². The van der Waals surface area contributed by atoms with Crippen LogP contribution in [0, 0.1) is 5.82 Å². The normalized spacial score (nSPS) is 11.9. The summed E-state index contributed by atoms with van der Waals surface area (Å²) in [5.74, 6) is -0.724. The highest BCUT2D eigenvalue weighted by atomic mass is 32.1. The lowest BCUT2D eigenvalue weighted by atomic mass is 10.1. The number of nitrogens with zero attached hydrogens (tertiary/aromatic N) is 1. The van der Waals surface area contributed by atoms with E-state index in [2.05, 4.69) is 4.98 Å². The van der Waals surface area contributed by atoms with Crippen LogP contribution in [-0.2, 0) is 19.1 Å². The minimum atomic E-state index is -4.51. The molecular weight excluding hydrogens is 292 g/mol. The van der Waals surface area contributed by atoms with Crippen LogP contribution in [-0.4, -0.2) is 4.98 Å². The summed E-state index contributed by atoms with van der Waals surface area (Å²) in [6.07, 6.45) is -3.91. The van der Waals surface area contributed by atoms with Crippen molar-refractivity contribution in [2.24, 2.45) is 5.73 Å². The van der Waals surface area contributed by atoms with Crippen molar-refractivity contribution < 1.29 is 17.6 Å². The van der Waals surface area contributed by atoms with Crippen LogP contribution in [0.4, 0.5) is 17.6 Å². The van der Waals surface area contributed by atoms with Gasteiger partial charge in [0.05, 0.1) is 11.3 Å². The van der Waals surface area contributed by atoms with Gasteiger partial charge in [0.2, 0.25) is 0 Å². The molecule has 108 valence electrons. The minimum Gasteiger partial charge on any atom is -0.326 e. The fourth-order valence-electron chi connectivity index (χ4n) is 1.80. The second-order valence-corrected chi connectivity index (χ2v) is 5.22. The van der Waals surface area contributed by atoms with E-state index in [0.717, 1.165) is 34.4 Å². The van der Waals surface area contributed by atoms with Gasteiger partial charge >= 0.3 is 6.18 Å². The number of nitrogens with two attached hydrogens (primary N) is 1. The Labute approximate surface area is 117 Å². The molecule has 0 aliphatic heterocycles. The maximum atomic E-state index is 13.8. The van der Waals surface area contributed by atoms with Crippen LogP contribution in [0.15, 0.2) is 18.2 Å². The van der Waals surface area contributed by atoms with E-state index in [1.165, 1.54) is 0 Å². The highest BCUT2D eigenvalue weighted by molar-refractivity contribution is 7.15. The second kappa shape index (κ2) is 5.49. The lowest BCUT2D eigenvalue weighted by molar-refractivity contribution is -0.137. The Balaban J connectivity index is 2.54. The molecule has 0 bridgehead atoms. The SMILES string of the molecule is CCc1nc(-c2cc(C(F)(F)F)ccc2F)sc1CN. The predicted octanol–water partition coefficient (Wildman–Crippen LogP) is 3.99. The number of hydrogen-bond acceptors (Lipinski definition) is 3. The van der Waals surface area contributed by atoms with Crippen molar-refractivity contribution in [1.82, 2.24) is 4.98 Å². The van der Waals surface area contributed by atoms with E-state index in [1.807, 2.05) is 6.92 Å². The van der Waals surface area contributed by atoms with Crippen molar-refractivity contribution in [3.8, 4) is 10.6 Å². The first-order chi connectivity index (χ1) is 9.36. The molecule has 7 heteroatoms. The molecule has 0 fully saturated rings. The molecule has 0 atom stereocenters. The molecule has 0 saturated heterocycles. The predicted molar refractivity (Wildman–Crippen MR) is 69.8 cm³/mol. The quantitative estimate of drug-likeness (QED) is 0.871. The van der Waals surface area contributed by atoms with Crippen LogP contribution in [0.2, 0.25) is 0 Å². The fraction of sp³-hybridized carbons (Fsp3) is 0.308. The molecule has 2 aromatic rings. The summed E-state index contributed by atoms with van der Waals surface area (Å²) < 4.78 is 51.8. The van der Waals surface area contributed by atoms with Gasteiger partial charge in [0.1, 0.15) is 10.8 Å². The van der Waals surface area contributed by atoms with Crippen molar-refractivity contribution >= 4 is 11.3 Å². The summed E-state index contributed by atoms with van der Waals surface area (Å²) in [4.78, 5) is 4.95. The Morgan fingerprint density at radius 3 is 2.50 bits per heavy atom. The zero-order valence-corrected chi connectivity index (χ0v) is 11.4. The number of hydrogen-bond donors (Lipinski definition) is 1. The zero-order chi connectivity index (χ0) is 14.9. The largest absolute Gasteiger partial charge is 0.416 e. The highest BCUT2D eigenvalue weighted by Gasteiger charge is 2.31. The summed E-state index contributed by atoms with van der Waals surface area (Å²) in [5.41, 5.74) is 5.22. The van der Waals surface area contributed by atoms with Gasteiger partial charge in [0.15, 0.2) is 0 Å². The van der Waals surface area contributed by atoms with Gasteiger partial charge in [-0.2, -0.15) is 13.2 Å². The molecule has 1 heterocycles. The van der Waals surface area contributed by atoms with Gasteiger partial charge in [0, 0.05) is 17.0 Å². The third kappa shape index (κ3) is 2.83. The molecular formula is C13H12F4N2S. The van der Waals surface area contributed by atoms with Crippen LogP contribution in [0.25, 0.3) is 10.6 Å². The first kappa shape index (κ1) is 14.9. The Morgan fingerprint density at radius 2 is 2.00 bits per heavy atom. The Morgan fingerprint density at radius 1 is 1.30 bits per heavy atom. The maximum absolute atomic E-state index is 13.8. The van der Waals surface area contributed by atoms with Crippen molar-refractivity contribution in [3.63, 3.8) is 0 Å². The Hall–Kier alpha value is -1.47. The first-order valence-electron chi connectivity index (χ1n) is 5.92. The second-order valence-electron chi connectivity index (χ2n) is 4.14. The standard InChI is InChI=1S/C13H12F4N2S/c1-2-10-11(6-18)20-12(19-10)8-5-7(13(15,16)17)3-4-9(8)14/h3-5H,2,6,18H2,1H3. The summed E-state index contributed by atoms with van der Waals surface area (Å²) in [6.45, 7) is 2.10. The Bertz CT molecular complexity index is 598. The van der Waals surface area contributed by atoms with Crippen LogP contribution in [0.5, 0.6) is 0 Å². The lowest BCUT2D eigenvalue weighted by Crippen LogP contribution is -2.05. The van der Waals surface area contributed by atoms with Crippen molar-refractivity contribution in [2.75, 3.05) is 0 Å². The fourth-order valence-corrected chi connectivity index (χ4v) is 2.85. The van der Waals surface area contributed by atoms with Crippen LogP contribution in [0.3, 0.4) is 0 Å². The monoisotopic (exact) mass is 304 g/mol. The smallest absolute Gasteiger partial charge is 0.326 e. The molecule has 0 saturated carbocycles. The first-order valence-corrected chi connectivity index (χ1v) is 6.74. The Kier molecular flexibility index (Phi) is 4.10. The minimum absolute atomic E-state index is 0.140. The summed E-state index contributed by atoms with van der Waals surface area (Å²) >= 11 is 1.13. The number of aromatic nitrogens is 1. The van der Waals surface area contributed by atoms with E-state index in [0.29, 0.717) is 12.1 Å². The molecule has 0 amide bonds. The van der Waals surface area contributed by atoms with Gasteiger partial charge in [0.25, 0.3) is 0 Å². The molecule has 0 spiro atoms. The van der Waals surface area contributed by atoms with E-state index in [1.54, 1.807) is 0 Å². The molecule has 0 unspecified atom stereocenters. The highest BCUT2D eigenvalue weighted by Crippen LogP contribution is 2.35. The molecule has 2 N–H and O–H groups in total. The number of benzene rings is 1. The molecule has 2 nitrogen and oxygen atoms in total. The van der Waals surface area contributed by atoms with Gasteiger partial charge in [-0.25, -0.2) is 9.37 Å². The van der Waals surface area contributed by atoms with E-state index >= 15 is 0 Å². The van der Waals surface area contributed by atoms with E-state index in [4.69, 9.17) is 5.73 Å². The van der Waals surface area contributed by atoms with Crippen molar-refractivity contribution in [3.05, 3.63) is 40.2 Å². The van der Waals surface area contributed by atoms with Crippen LogP contribution >= 0.6 is 11.3 Å². The average molecular weight is 304 g/mol. The van der Waals surface area contributed by atoms with Gasteiger partial charge in [-0.3, -0.25) is 0 Å². The van der Waals surface area contributed by atoms with Crippen LogP contribution < -0.4 is 5.73 Å². The summed E-state index contributed by atoms with van der Waals surface area (Å²) in [5, 5.41) is 0.228. The third-order valence-corrected chi connectivity index (χ3v) is 3.98. The molecule has 2 rings (SSSR count). The van der Waals surface area contributed by atoms with Gasteiger partial charge in [-0.15, -0.1) is 11.3 Å². The molecule has 0 aliphatic rings. The summed E-state index contributed by atoms with van der Waals surface area (Å²) in [7, 11) is 0. The number of rotatable bonds is 3. The zero-order valence-electron chi connectivity index (χ0n) is 10.6. The number of halogens is 4. The number of aryl methyl sites for hydroxylation is 1. The van der Waals surface area contributed by atoms with Gasteiger partial charge in [-0.1, -0.05) is 6.92 Å². The van der Waals surface area contributed by atoms with Gasteiger partial charge < -0.3 is 5.73 Å².